The van der Waals surface area contributed by atoms with Gasteiger partial charge in [-0.3, -0.25) is 4.79 Å². The number of nitrogens with zero attached hydrogens (tertiary/aromatic N) is 1. The Balaban J connectivity index is 3.19. The quantitative estimate of drug-likeness (QED) is 0.858. The second kappa shape index (κ2) is 5.61. The number of esters is 1. The van der Waals surface area contributed by atoms with Crippen LogP contribution in [0.3, 0.4) is 0 Å². The molecule has 0 heterocycles. The van der Waals surface area contributed by atoms with Gasteiger partial charge in [0.15, 0.2) is 0 Å². The molecular formula is C12H10F3NO3. The van der Waals surface area contributed by atoms with Crippen molar-refractivity contribution in [3.8, 4) is 11.8 Å². The second-order valence-electron chi connectivity index (χ2n) is 3.62. The monoisotopic (exact) mass is 273 g/mol. The summed E-state index contributed by atoms with van der Waals surface area (Å²) in [7, 11) is 0. The van der Waals surface area contributed by atoms with Crippen LogP contribution < -0.4 is 0 Å². The van der Waals surface area contributed by atoms with Gasteiger partial charge in [-0.15, -0.1) is 0 Å². The van der Waals surface area contributed by atoms with E-state index in [1.54, 1.807) is 13.0 Å². The van der Waals surface area contributed by atoms with Crippen molar-refractivity contribution in [2.75, 3.05) is 6.61 Å². The van der Waals surface area contributed by atoms with E-state index in [-0.39, 0.29) is 24.2 Å². The zero-order valence-corrected chi connectivity index (χ0v) is 9.91. The van der Waals surface area contributed by atoms with Crippen molar-refractivity contribution in [3.05, 3.63) is 28.8 Å². The topological polar surface area (TPSA) is 70.3 Å². The highest BCUT2D eigenvalue weighted by Crippen LogP contribution is 2.37. The summed E-state index contributed by atoms with van der Waals surface area (Å²) < 4.78 is 42.2. The summed E-state index contributed by atoms with van der Waals surface area (Å²) in [5.41, 5.74) is -1.64. The van der Waals surface area contributed by atoms with E-state index in [2.05, 4.69) is 4.74 Å². The summed E-state index contributed by atoms with van der Waals surface area (Å²) in [6.07, 6.45) is -5.14. The van der Waals surface area contributed by atoms with Gasteiger partial charge in [-0.25, -0.2) is 0 Å². The van der Waals surface area contributed by atoms with E-state index in [1.165, 1.54) is 0 Å². The molecule has 7 heteroatoms. The average Bonchev–Trinajstić information content (AvgIpc) is 2.27. The number of benzene rings is 1. The molecule has 0 saturated carbocycles. The van der Waals surface area contributed by atoms with Crippen LogP contribution in [0, 0.1) is 11.3 Å². The molecule has 0 aliphatic rings. The molecule has 0 radical (unpaired) electrons. The first-order valence-corrected chi connectivity index (χ1v) is 5.28. The Labute approximate surface area is 107 Å². The fourth-order valence-electron chi connectivity index (χ4n) is 1.48. The summed E-state index contributed by atoms with van der Waals surface area (Å²) in [6, 6.07) is 2.84. The maximum atomic E-state index is 12.5. The lowest BCUT2D eigenvalue weighted by molar-refractivity contribution is -0.142. The van der Waals surface area contributed by atoms with E-state index in [4.69, 9.17) is 5.26 Å². The number of alkyl halides is 3. The number of rotatable bonds is 3. The zero-order valence-electron chi connectivity index (χ0n) is 9.91. The molecule has 1 N–H and O–H groups in total. The van der Waals surface area contributed by atoms with E-state index in [9.17, 15) is 23.1 Å². The smallest absolute Gasteiger partial charge is 0.419 e. The zero-order chi connectivity index (χ0) is 14.6. The van der Waals surface area contributed by atoms with Gasteiger partial charge in [0.25, 0.3) is 0 Å². The van der Waals surface area contributed by atoms with Crippen LogP contribution >= 0.6 is 0 Å². The van der Waals surface area contributed by atoms with Crippen LogP contribution in [0.1, 0.15) is 23.6 Å². The van der Waals surface area contributed by atoms with Crippen LogP contribution in [-0.4, -0.2) is 17.7 Å². The van der Waals surface area contributed by atoms with Crippen molar-refractivity contribution in [2.45, 2.75) is 19.5 Å². The highest BCUT2D eigenvalue weighted by Gasteiger charge is 2.35. The number of carbonyl (C=O) groups excluding carboxylic acids is 1. The normalized spacial score (nSPS) is 10.9. The fourth-order valence-corrected chi connectivity index (χ4v) is 1.48. The maximum Gasteiger partial charge on any atom is 0.419 e. The van der Waals surface area contributed by atoms with Crippen LogP contribution in [-0.2, 0) is 22.1 Å². The van der Waals surface area contributed by atoms with Crippen LogP contribution in [0.4, 0.5) is 13.2 Å². The van der Waals surface area contributed by atoms with Crippen LogP contribution in [0.5, 0.6) is 5.75 Å². The lowest BCUT2D eigenvalue weighted by Gasteiger charge is -2.12. The van der Waals surface area contributed by atoms with E-state index < -0.39 is 23.5 Å². The van der Waals surface area contributed by atoms with E-state index in [0.717, 1.165) is 6.07 Å². The SMILES string of the molecule is CCOC(=O)Cc1cc(O)c(C(F)(F)F)cc1C#N. The average molecular weight is 273 g/mol. The Hall–Kier alpha value is -2.23. The third-order valence-corrected chi connectivity index (χ3v) is 2.29. The number of hydrogen-bond donors (Lipinski definition) is 1. The molecule has 0 amide bonds. The molecule has 0 spiro atoms. The van der Waals surface area contributed by atoms with Gasteiger partial charge in [-0.2, -0.15) is 18.4 Å². The Morgan fingerprint density at radius 1 is 1.47 bits per heavy atom. The summed E-state index contributed by atoms with van der Waals surface area (Å²) in [5, 5.41) is 18.1. The number of phenols is 1. The van der Waals surface area contributed by atoms with Crippen molar-refractivity contribution >= 4 is 5.97 Å². The summed E-state index contributed by atoms with van der Waals surface area (Å²) >= 11 is 0. The molecule has 1 rings (SSSR count). The van der Waals surface area contributed by atoms with Gasteiger partial charge in [0.05, 0.1) is 30.2 Å². The van der Waals surface area contributed by atoms with Crippen LogP contribution in [0.15, 0.2) is 12.1 Å². The number of aromatic hydroxyl groups is 1. The van der Waals surface area contributed by atoms with E-state index in [1.807, 2.05) is 0 Å². The first-order valence-electron chi connectivity index (χ1n) is 5.28. The van der Waals surface area contributed by atoms with Gasteiger partial charge >= 0.3 is 12.1 Å². The first kappa shape index (κ1) is 14.8. The molecule has 0 aliphatic carbocycles. The molecule has 4 nitrogen and oxygen atoms in total. The minimum atomic E-state index is -4.77. The first-order chi connectivity index (χ1) is 8.79. The maximum absolute atomic E-state index is 12.5. The largest absolute Gasteiger partial charge is 0.507 e. The molecule has 1 aromatic rings. The van der Waals surface area contributed by atoms with Gasteiger partial charge in [0, 0.05) is 0 Å². The Morgan fingerprint density at radius 2 is 2.11 bits per heavy atom. The van der Waals surface area contributed by atoms with Crippen LogP contribution in [0.25, 0.3) is 0 Å². The molecular weight excluding hydrogens is 263 g/mol. The van der Waals surface area contributed by atoms with Gasteiger partial charge in [0.1, 0.15) is 5.75 Å². The molecule has 0 saturated heterocycles. The minimum Gasteiger partial charge on any atom is -0.507 e. The minimum absolute atomic E-state index is 0.00792. The third kappa shape index (κ3) is 3.61. The molecule has 0 fully saturated rings. The number of ether oxygens (including phenoxy) is 1. The van der Waals surface area contributed by atoms with Gasteiger partial charge in [-0.05, 0) is 24.6 Å². The molecule has 0 aromatic heterocycles. The van der Waals surface area contributed by atoms with Crippen molar-refractivity contribution in [2.24, 2.45) is 0 Å². The fraction of sp³-hybridized carbons (Fsp3) is 0.333. The predicted molar refractivity (Wildman–Crippen MR) is 58.2 cm³/mol. The Morgan fingerprint density at radius 3 is 2.58 bits per heavy atom. The molecule has 0 bridgehead atoms. The van der Waals surface area contributed by atoms with Crippen molar-refractivity contribution < 1.29 is 27.8 Å². The second-order valence-corrected chi connectivity index (χ2v) is 3.62. The van der Waals surface area contributed by atoms with Crippen molar-refractivity contribution in [3.63, 3.8) is 0 Å². The van der Waals surface area contributed by atoms with Crippen molar-refractivity contribution in [1.29, 1.82) is 5.26 Å². The molecule has 0 unspecified atom stereocenters. The predicted octanol–water partition coefficient (Wildman–Crippen LogP) is 2.39. The van der Waals surface area contributed by atoms with E-state index >= 15 is 0 Å². The summed E-state index contributed by atoms with van der Waals surface area (Å²) in [4.78, 5) is 11.2. The molecule has 102 valence electrons. The number of phenolic OH excluding ortho intramolecular Hbond substituents is 1. The number of halogens is 3. The number of nitriles is 1. The third-order valence-electron chi connectivity index (χ3n) is 2.29. The molecule has 0 aliphatic heterocycles. The number of hydrogen-bond acceptors (Lipinski definition) is 4. The highest BCUT2D eigenvalue weighted by atomic mass is 19.4. The lowest BCUT2D eigenvalue weighted by atomic mass is 10.0. The van der Waals surface area contributed by atoms with Crippen molar-refractivity contribution in [1.82, 2.24) is 0 Å². The Bertz CT molecular complexity index is 532. The van der Waals surface area contributed by atoms with Gasteiger partial charge < -0.3 is 9.84 Å². The highest BCUT2D eigenvalue weighted by molar-refractivity contribution is 5.74. The number of carbonyl (C=O) groups is 1. The summed E-state index contributed by atoms with van der Waals surface area (Å²) in [5.74, 6) is -1.70. The molecule has 0 atom stereocenters. The van der Waals surface area contributed by atoms with E-state index in [0.29, 0.717) is 6.07 Å². The Kier molecular flexibility index (Phi) is 4.38. The van der Waals surface area contributed by atoms with Crippen LogP contribution in [0.2, 0.25) is 0 Å². The standard InChI is InChI=1S/C12H10F3NO3/c1-2-19-11(18)5-7-4-10(17)9(12(13,14)15)3-8(7)6-16/h3-4,17H,2,5H2,1H3. The molecule has 1 aromatic carbocycles. The lowest BCUT2D eigenvalue weighted by Crippen LogP contribution is -2.11. The summed E-state index contributed by atoms with van der Waals surface area (Å²) in [6.45, 7) is 1.70. The molecule has 19 heavy (non-hydrogen) atoms. The van der Waals surface area contributed by atoms with Gasteiger partial charge in [0.2, 0.25) is 0 Å². The van der Waals surface area contributed by atoms with Gasteiger partial charge in [-0.1, -0.05) is 0 Å².